The molecule has 1 aromatic rings. The first kappa shape index (κ1) is 13.9. The Morgan fingerprint density at radius 1 is 1.25 bits per heavy atom. The molecule has 0 saturated carbocycles. The standard InChI is InChI=1S/C12H12N2O6/c15-11(9-5-6-10(20-9)12(16)17)13-7-1-3-8(4-2-7)14(18)19/h1-4,9-10H,5-6H2,(H,13,15)(H,16,17)/t9-,10+/m0/s1. The van der Waals surface area contributed by atoms with Crippen LogP contribution in [0.3, 0.4) is 0 Å². The summed E-state index contributed by atoms with van der Waals surface area (Å²) in [6, 6.07) is 5.34. The highest BCUT2D eigenvalue weighted by atomic mass is 16.6. The van der Waals surface area contributed by atoms with Gasteiger partial charge in [-0.3, -0.25) is 14.9 Å². The summed E-state index contributed by atoms with van der Waals surface area (Å²) in [5.74, 6) is -1.54. The van der Waals surface area contributed by atoms with Crippen molar-refractivity contribution in [3.8, 4) is 0 Å². The predicted octanol–water partition coefficient (Wildman–Crippen LogP) is 1.17. The Kier molecular flexibility index (Phi) is 3.94. The van der Waals surface area contributed by atoms with Crippen molar-refractivity contribution in [1.29, 1.82) is 0 Å². The Hall–Kier alpha value is -2.48. The first-order valence-electron chi connectivity index (χ1n) is 5.91. The Labute approximate surface area is 113 Å². The molecule has 2 rings (SSSR count). The summed E-state index contributed by atoms with van der Waals surface area (Å²) in [7, 11) is 0. The quantitative estimate of drug-likeness (QED) is 0.631. The van der Waals surface area contributed by atoms with E-state index in [0.717, 1.165) is 0 Å². The van der Waals surface area contributed by atoms with Crippen molar-refractivity contribution in [2.24, 2.45) is 0 Å². The Morgan fingerprint density at radius 2 is 1.85 bits per heavy atom. The molecule has 1 amide bonds. The molecule has 20 heavy (non-hydrogen) atoms. The zero-order chi connectivity index (χ0) is 14.7. The summed E-state index contributed by atoms with van der Waals surface area (Å²) < 4.78 is 5.10. The highest BCUT2D eigenvalue weighted by Gasteiger charge is 2.34. The van der Waals surface area contributed by atoms with E-state index in [1.165, 1.54) is 24.3 Å². The molecule has 1 aliphatic heterocycles. The summed E-state index contributed by atoms with van der Waals surface area (Å²) in [4.78, 5) is 32.5. The van der Waals surface area contributed by atoms with Crippen molar-refractivity contribution in [2.45, 2.75) is 25.0 Å². The SMILES string of the molecule is O=C(Nc1ccc([N+](=O)[O-])cc1)[C@@H]1CC[C@H](C(=O)O)O1. The number of nitro benzene ring substituents is 1. The number of amides is 1. The molecule has 1 aromatic carbocycles. The van der Waals surface area contributed by atoms with Crippen molar-refractivity contribution >= 4 is 23.3 Å². The number of carbonyl (C=O) groups excluding carboxylic acids is 1. The van der Waals surface area contributed by atoms with Gasteiger partial charge in [-0.2, -0.15) is 0 Å². The maximum atomic E-state index is 11.8. The highest BCUT2D eigenvalue weighted by molar-refractivity contribution is 5.94. The van der Waals surface area contributed by atoms with Gasteiger partial charge in [-0.1, -0.05) is 0 Å². The second-order valence-corrected chi connectivity index (χ2v) is 4.32. The highest BCUT2D eigenvalue weighted by Crippen LogP contribution is 2.22. The van der Waals surface area contributed by atoms with Crippen molar-refractivity contribution in [3.63, 3.8) is 0 Å². The third-order valence-corrected chi connectivity index (χ3v) is 2.93. The van der Waals surface area contributed by atoms with E-state index in [0.29, 0.717) is 12.1 Å². The largest absolute Gasteiger partial charge is 0.479 e. The van der Waals surface area contributed by atoms with Crippen LogP contribution in [-0.4, -0.2) is 34.1 Å². The predicted molar refractivity (Wildman–Crippen MR) is 67.3 cm³/mol. The minimum absolute atomic E-state index is 0.0777. The van der Waals surface area contributed by atoms with Crippen LogP contribution in [0, 0.1) is 10.1 Å². The molecule has 8 heteroatoms. The van der Waals surface area contributed by atoms with E-state index in [4.69, 9.17) is 9.84 Å². The van der Waals surface area contributed by atoms with Gasteiger partial charge in [0, 0.05) is 17.8 Å². The first-order valence-corrected chi connectivity index (χ1v) is 5.91. The average molecular weight is 280 g/mol. The van der Waals surface area contributed by atoms with Crippen molar-refractivity contribution in [2.75, 3.05) is 5.32 Å². The van der Waals surface area contributed by atoms with Gasteiger partial charge in [-0.05, 0) is 25.0 Å². The minimum atomic E-state index is -1.09. The number of carboxylic acids is 1. The molecule has 2 N–H and O–H groups in total. The lowest BCUT2D eigenvalue weighted by molar-refractivity contribution is -0.384. The number of hydrogen-bond acceptors (Lipinski definition) is 5. The van der Waals surface area contributed by atoms with Gasteiger partial charge in [0.05, 0.1) is 4.92 Å². The van der Waals surface area contributed by atoms with Crippen LogP contribution in [0.25, 0.3) is 0 Å². The number of nitro groups is 1. The van der Waals surface area contributed by atoms with Crippen molar-refractivity contribution < 1.29 is 24.4 Å². The summed E-state index contributed by atoms with van der Waals surface area (Å²) in [5.41, 5.74) is 0.314. The fourth-order valence-corrected chi connectivity index (χ4v) is 1.90. The molecule has 106 valence electrons. The molecule has 1 heterocycles. The van der Waals surface area contributed by atoms with E-state index in [-0.39, 0.29) is 12.1 Å². The van der Waals surface area contributed by atoms with Crippen LogP contribution in [0.2, 0.25) is 0 Å². The molecule has 0 radical (unpaired) electrons. The topological polar surface area (TPSA) is 119 Å². The number of anilines is 1. The van der Waals surface area contributed by atoms with Gasteiger partial charge < -0.3 is 15.2 Å². The lowest BCUT2D eigenvalue weighted by atomic mass is 10.2. The average Bonchev–Trinajstić information content (AvgIpc) is 2.89. The lowest BCUT2D eigenvalue weighted by Gasteiger charge is -2.11. The molecule has 0 aliphatic carbocycles. The van der Waals surface area contributed by atoms with Gasteiger partial charge in [0.2, 0.25) is 0 Å². The zero-order valence-corrected chi connectivity index (χ0v) is 10.3. The molecule has 2 atom stereocenters. The van der Waals surface area contributed by atoms with Gasteiger partial charge >= 0.3 is 5.97 Å². The number of benzene rings is 1. The van der Waals surface area contributed by atoms with Crippen LogP contribution in [0.1, 0.15) is 12.8 Å². The molecule has 1 fully saturated rings. The van der Waals surface area contributed by atoms with Crippen LogP contribution < -0.4 is 5.32 Å². The summed E-state index contributed by atoms with van der Waals surface area (Å²) in [6.07, 6.45) is -1.15. The van der Waals surface area contributed by atoms with Gasteiger partial charge in [-0.15, -0.1) is 0 Å². The van der Waals surface area contributed by atoms with E-state index >= 15 is 0 Å². The molecule has 0 spiro atoms. The number of aliphatic carboxylic acids is 1. The minimum Gasteiger partial charge on any atom is -0.479 e. The summed E-state index contributed by atoms with van der Waals surface area (Å²) in [6.45, 7) is 0. The Balaban J connectivity index is 1.95. The van der Waals surface area contributed by atoms with Crippen molar-refractivity contribution in [1.82, 2.24) is 0 Å². The molecule has 1 saturated heterocycles. The number of nitrogens with one attached hydrogen (secondary N) is 1. The van der Waals surface area contributed by atoms with Crippen LogP contribution in [0.4, 0.5) is 11.4 Å². The van der Waals surface area contributed by atoms with E-state index in [9.17, 15) is 19.7 Å². The van der Waals surface area contributed by atoms with Crippen LogP contribution in [-0.2, 0) is 14.3 Å². The number of nitrogens with zero attached hydrogens (tertiary/aromatic N) is 1. The van der Waals surface area contributed by atoms with Crippen LogP contribution in [0.5, 0.6) is 0 Å². The van der Waals surface area contributed by atoms with Gasteiger partial charge in [-0.25, -0.2) is 4.79 Å². The molecule has 8 nitrogen and oxygen atoms in total. The van der Waals surface area contributed by atoms with E-state index in [2.05, 4.69) is 5.32 Å². The number of carbonyl (C=O) groups is 2. The smallest absolute Gasteiger partial charge is 0.332 e. The maximum absolute atomic E-state index is 11.8. The zero-order valence-electron chi connectivity index (χ0n) is 10.3. The number of ether oxygens (including phenoxy) is 1. The third kappa shape index (κ3) is 3.09. The fraction of sp³-hybridized carbons (Fsp3) is 0.333. The maximum Gasteiger partial charge on any atom is 0.332 e. The fourth-order valence-electron chi connectivity index (χ4n) is 1.90. The monoisotopic (exact) mass is 280 g/mol. The number of carboxylic acid groups (broad SMARTS) is 1. The number of hydrogen-bond donors (Lipinski definition) is 2. The van der Waals surface area contributed by atoms with Gasteiger partial charge in [0.15, 0.2) is 6.10 Å². The molecule has 0 unspecified atom stereocenters. The second-order valence-electron chi connectivity index (χ2n) is 4.32. The lowest BCUT2D eigenvalue weighted by Crippen LogP contribution is -2.29. The van der Waals surface area contributed by atoms with Crippen LogP contribution in [0.15, 0.2) is 24.3 Å². The van der Waals surface area contributed by atoms with Gasteiger partial charge in [0.1, 0.15) is 6.10 Å². The summed E-state index contributed by atoms with van der Waals surface area (Å²) in [5, 5.41) is 21.8. The van der Waals surface area contributed by atoms with Crippen LogP contribution >= 0.6 is 0 Å². The summed E-state index contributed by atoms with van der Waals surface area (Å²) >= 11 is 0. The van der Waals surface area contributed by atoms with E-state index < -0.39 is 29.0 Å². The molecule has 0 aromatic heterocycles. The second kappa shape index (κ2) is 5.66. The van der Waals surface area contributed by atoms with Crippen molar-refractivity contribution in [3.05, 3.63) is 34.4 Å². The number of non-ortho nitro benzene ring substituents is 1. The molecular formula is C12H12N2O6. The third-order valence-electron chi connectivity index (χ3n) is 2.93. The van der Waals surface area contributed by atoms with Gasteiger partial charge in [0.25, 0.3) is 11.6 Å². The Bertz CT molecular complexity index is 541. The number of rotatable bonds is 4. The Morgan fingerprint density at radius 3 is 2.35 bits per heavy atom. The first-order chi connectivity index (χ1) is 9.47. The molecule has 1 aliphatic rings. The van der Waals surface area contributed by atoms with E-state index in [1.807, 2.05) is 0 Å². The molecular weight excluding hydrogens is 268 g/mol. The van der Waals surface area contributed by atoms with E-state index in [1.54, 1.807) is 0 Å². The molecule has 0 bridgehead atoms. The normalized spacial score (nSPS) is 21.4.